The fourth-order valence-corrected chi connectivity index (χ4v) is 1.94. The van der Waals surface area contributed by atoms with Gasteiger partial charge in [-0.05, 0) is 24.2 Å². The molecule has 1 aromatic carbocycles. The van der Waals surface area contributed by atoms with E-state index in [1.807, 2.05) is 6.92 Å². The lowest BCUT2D eigenvalue weighted by molar-refractivity contribution is -0.139. The molecule has 0 spiro atoms. The second-order valence-corrected chi connectivity index (χ2v) is 4.37. The Bertz CT molecular complexity index is 424. The number of nitrogens with one attached hydrogen (secondary N) is 1. The molecule has 0 bridgehead atoms. The second kappa shape index (κ2) is 6.10. The summed E-state index contributed by atoms with van der Waals surface area (Å²) in [7, 11) is 0. The molecule has 0 aliphatic carbocycles. The molecule has 0 radical (unpaired) electrons. The number of halogens is 2. The third-order valence-corrected chi connectivity index (χ3v) is 3.23. The van der Waals surface area contributed by atoms with E-state index in [9.17, 15) is 4.79 Å². The first-order chi connectivity index (χ1) is 7.97. The van der Waals surface area contributed by atoms with E-state index in [0.29, 0.717) is 27.8 Å². The molecule has 0 saturated heterocycles. The summed E-state index contributed by atoms with van der Waals surface area (Å²) in [5.74, 6) is -0.942. The molecule has 6 heteroatoms. The third-order valence-electron chi connectivity index (χ3n) is 2.39. The molecule has 4 nitrogen and oxygen atoms in total. The van der Waals surface area contributed by atoms with E-state index >= 15 is 0 Å². The number of carbonyl (C=O) groups is 1. The first-order valence-corrected chi connectivity index (χ1v) is 5.91. The third kappa shape index (κ3) is 3.49. The van der Waals surface area contributed by atoms with Crippen LogP contribution in [0, 0.1) is 0 Å². The summed E-state index contributed by atoms with van der Waals surface area (Å²) >= 11 is 11.9. The highest BCUT2D eigenvalue weighted by Crippen LogP contribution is 2.30. The maximum atomic E-state index is 11.0. The molecule has 0 saturated carbocycles. The molecule has 1 rings (SSSR count). The van der Waals surface area contributed by atoms with E-state index < -0.39 is 12.0 Å². The summed E-state index contributed by atoms with van der Waals surface area (Å²) in [6, 6.07) is 2.48. The van der Waals surface area contributed by atoms with Gasteiger partial charge >= 0.3 is 5.97 Å². The monoisotopic (exact) mass is 276 g/mol. The van der Waals surface area contributed by atoms with Gasteiger partial charge < -0.3 is 16.2 Å². The Morgan fingerprint density at radius 1 is 1.53 bits per heavy atom. The molecule has 0 aliphatic heterocycles. The summed E-state index contributed by atoms with van der Waals surface area (Å²) in [5, 5.41) is 12.6. The number of likely N-dealkylation sites (N-methyl/N-ethyl adjacent to an activating group) is 1. The molecule has 1 aromatic rings. The van der Waals surface area contributed by atoms with Gasteiger partial charge in [0, 0.05) is 12.1 Å². The zero-order chi connectivity index (χ0) is 13.0. The highest BCUT2D eigenvalue weighted by Gasteiger charge is 2.20. The number of rotatable bonds is 5. The van der Waals surface area contributed by atoms with Crippen LogP contribution in [-0.2, 0) is 11.2 Å². The first kappa shape index (κ1) is 14.1. The fraction of sp³-hybridized carbons (Fsp3) is 0.364. The van der Waals surface area contributed by atoms with Crippen molar-refractivity contribution in [3.05, 3.63) is 27.7 Å². The Hall–Kier alpha value is -0.970. The summed E-state index contributed by atoms with van der Waals surface area (Å²) in [6.45, 7) is 2.38. The van der Waals surface area contributed by atoms with Gasteiger partial charge in [0.25, 0.3) is 0 Å². The van der Waals surface area contributed by atoms with Crippen LogP contribution in [0.15, 0.2) is 12.1 Å². The van der Waals surface area contributed by atoms with Crippen molar-refractivity contribution in [2.24, 2.45) is 0 Å². The Labute approximate surface area is 110 Å². The molecular weight excluding hydrogens is 263 g/mol. The van der Waals surface area contributed by atoms with Gasteiger partial charge in [0.2, 0.25) is 0 Å². The van der Waals surface area contributed by atoms with Gasteiger partial charge in [-0.25, -0.2) is 0 Å². The minimum Gasteiger partial charge on any atom is -0.480 e. The van der Waals surface area contributed by atoms with Crippen molar-refractivity contribution in [2.75, 3.05) is 12.3 Å². The smallest absolute Gasteiger partial charge is 0.321 e. The number of benzene rings is 1. The zero-order valence-corrected chi connectivity index (χ0v) is 10.8. The van der Waals surface area contributed by atoms with Gasteiger partial charge in [-0.3, -0.25) is 4.79 Å². The lowest BCUT2D eigenvalue weighted by Crippen LogP contribution is -2.38. The molecule has 0 fully saturated rings. The predicted molar refractivity (Wildman–Crippen MR) is 69.7 cm³/mol. The van der Waals surface area contributed by atoms with Gasteiger partial charge in [0.05, 0.1) is 10.0 Å². The number of carboxylic acids is 1. The van der Waals surface area contributed by atoms with Crippen LogP contribution >= 0.6 is 23.2 Å². The number of nitrogens with two attached hydrogens (primary N) is 1. The van der Waals surface area contributed by atoms with Crippen molar-refractivity contribution in [3.63, 3.8) is 0 Å². The van der Waals surface area contributed by atoms with E-state index in [2.05, 4.69) is 5.32 Å². The van der Waals surface area contributed by atoms with Crippen LogP contribution in [0.4, 0.5) is 5.69 Å². The van der Waals surface area contributed by atoms with E-state index in [0.717, 1.165) is 0 Å². The summed E-state index contributed by atoms with van der Waals surface area (Å²) < 4.78 is 0. The van der Waals surface area contributed by atoms with Crippen LogP contribution < -0.4 is 11.1 Å². The molecule has 0 aliphatic rings. The van der Waals surface area contributed by atoms with Crippen molar-refractivity contribution >= 4 is 34.9 Å². The maximum Gasteiger partial charge on any atom is 0.321 e. The Morgan fingerprint density at radius 3 is 2.71 bits per heavy atom. The van der Waals surface area contributed by atoms with E-state index in [1.54, 1.807) is 12.1 Å². The van der Waals surface area contributed by atoms with Gasteiger partial charge in [-0.2, -0.15) is 0 Å². The van der Waals surface area contributed by atoms with E-state index in [4.69, 9.17) is 34.0 Å². The zero-order valence-electron chi connectivity index (χ0n) is 9.34. The highest BCUT2D eigenvalue weighted by molar-refractivity contribution is 6.42. The SMILES string of the molecule is CCNC(Cc1c(N)ccc(Cl)c1Cl)C(=O)O. The van der Waals surface area contributed by atoms with Crippen LogP contribution in [0.5, 0.6) is 0 Å². The summed E-state index contributed by atoms with van der Waals surface area (Å²) in [5.41, 5.74) is 6.78. The molecule has 17 heavy (non-hydrogen) atoms. The lowest BCUT2D eigenvalue weighted by Gasteiger charge is -2.16. The Kier molecular flexibility index (Phi) is 5.05. The van der Waals surface area contributed by atoms with Crippen molar-refractivity contribution in [1.82, 2.24) is 5.32 Å². The fourth-order valence-electron chi connectivity index (χ4n) is 1.51. The van der Waals surface area contributed by atoms with Crippen molar-refractivity contribution in [1.29, 1.82) is 0 Å². The van der Waals surface area contributed by atoms with E-state index in [1.165, 1.54) is 0 Å². The molecule has 0 amide bonds. The minimum atomic E-state index is -0.942. The number of hydrogen-bond acceptors (Lipinski definition) is 3. The van der Waals surface area contributed by atoms with Crippen molar-refractivity contribution in [2.45, 2.75) is 19.4 Å². The summed E-state index contributed by atoms with van der Waals surface area (Å²) in [4.78, 5) is 11.0. The standard InChI is InChI=1S/C11H14Cl2N2O2/c1-2-15-9(11(16)17)5-6-8(14)4-3-7(12)10(6)13/h3-4,9,15H,2,5,14H2,1H3,(H,16,17). The van der Waals surface area contributed by atoms with Crippen LogP contribution in [0.3, 0.4) is 0 Å². The van der Waals surface area contributed by atoms with Gasteiger partial charge in [-0.15, -0.1) is 0 Å². The average Bonchev–Trinajstić information content (AvgIpc) is 2.28. The minimum absolute atomic E-state index is 0.203. The van der Waals surface area contributed by atoms with Crippen LogP contribution in [0.2, 0.25) is 10.0 Å². The highest BCUT2D eigenvalue weighted by atomic mass is 35.5. The Morgan fingerprint density at radius 2 is 2.18 bits per heavy atom. The largest absolute Gasteiger partial charge is 0.480 e. The molecule has 1 atom stereocenters. The van der Waals surface area contributed by atoms with Crippen LogP contribution in [0.25, 0.3) is 0 Å². The number of aliphatic carboxylic acids is 1. The lowest BCUT2D eigenvalue weighted by atomic mass is 10.0. The van der Waals surface area contributed by atoms with Gasteiger partial charge in [-0.1, -0.05) is 30.1 Å². The normalized spacial score (nSPS) is 12.4. The topological polar surface area (TPSA) is 75.3 Å². The predicted octanol–water partition coefficient (Wildman–Crippen LogP) is 2.18. The average molecular weight is 277 g/mol. The molecule has 94 valence electrons. The molecule has 0 heterocycles. The van der Waals surface area contributed by atoms with Crippen LogP contribution in [0.1, 0.15) is 12.5 Å². The number of hydrogen-bond donors (Lipinski definition) is 3. The Balaban J connectivity index is 3.00. The van der Waals surface area contributed by atoms with Gasteiger partial charge in [0.15, 0.2) is 0 Å². The quantitative estimate of drug-likeness (QED) is 0.721. The molecule has 0 aromatic heterocycles. The van der Waals surface area contributed by atoms with Crippen molar-refractivity contribution < 1.29 is 9.90 Å². The van der Waals surface area contributed by atoms with Crippen molar-refractivity contribution in [3.8, 4) is 0 Å². The molecular formula is C11H14Cl2N2O2. The number of nitrogen functional groups attached to an aromatic ring is 1. The molecule has 4 N–H and O–H groups in total. The first-order valence-electron chi connectivity index (χ1n) is 5.15. The number of anilines is 1. The number of carboxylic acid groups (broad SMARTS) is 1. The van der Waals surface area contributed by atoms with E-state index in [-0.39, 0.29) is 6.42 Å². The van der Waals surface area contributed by atoms with Crippen LogP contribution in [-0.4, -0.2) is 23.7 Å². The molecule has 1 unspecified atom stereocenters. The second-order valence-electron chi connectivity index (χ2n) is 3.58. The summed E-state index contributed by atoms with van der Waals surface area (Å²) in [6.07, 6.45) is 0.203. The maximum absolute atomic E-state index is 11.0. The van der Waals surface area contributed by atoms with Gasteiger partial charge in [0.1, 0.15) is 6.04 Å².